The minimum absolute atomic E-state index is 0.100. The van der Waals surface area contributed by atoms with Crippen LogP contribution < -0.4 is 5.32 Å². The molecule has 0 aromatic heterocycles. The molecule has 0 aliphatic heterocycles. The van der Waals surface area contributed by atoms with E-state index in [2.05, 4.69) is 12.2 Å². The van der Waals surface area contributed by atoms with Crippen LogP contribution in [0.5, 0.6) is 0 Å². The lowest BCUT2D eigenvalue weighted by atomic mass is 10.0. The van der Waals surface area contributed by atoms with Crippen LogP contribution in [0.1, 0.15) is 48.5 Å². The summed E-state index contributed by atoms with van der Waals surface area (Å²) in [4.78, 5) is 24.8. The number of hydrogen-bond acceptors (Lipinski definition) is 2. The minimum atomic E-state index is -0.193. The summed E-state index contributed by atoms with van der Waals surface area (Å²) in [7, 11) is 0. The molecule has 2 aliphatic carbocycles. The summed E-state index contributed by atoms with van der Waals surface area (Å²) in [6.07, 6.45) is 4.15. The lowest BCUT2D eigenvalue weighted by Gasteiger charge is -2.07. The summed E-state index contributed by atoms with van der Waals surface area (Å²) < 4.78 is 0. The molecule has 3 nitrogen and oxygen atoms in total. The number of allylic oxidation sites excluding steroid dienone is 1. The molecule has 3 heteroatoms. The number of carbonyl (C=O) groups is 2. The summed E-state index contributed by atoms with van der Waals surface area (Å²) in [5, 5.41) is 2.89. The van der Waals surface area contributed by atoms with E-state index in [0.29, 0.717) is 23.6 Å². The third kappa shape index (κ3) is 2.17. The van der Waals surface area contributed by atoms with E-state index < -0.39 is 0 Å². The van der Waals surface area contributed by atoms with Crippen LogP contribution in [-0.4, -0.2) is 18.2 Å². The minimum Gasteiger partial charge on any atom is -0.352 e. The van der Waals surface area contributed by atoms with Crippen molar-refractivity contribution in [1.82, 2.24) is 5.32 Å². The molecule has 0 saturated heterocycles. The van der Waals surface area contributed by atoms with Crippen LogP contribution in [0.25, 0.3) is 5.57 Å². The van der Waals surface area contributed by atoms with Gasteiger partial charge in [-0.1, -0.05) is 37.6 Å². The highest BCUT2D eigenvalue weighted by atomic mass is 16.2. The van der Waals surface area contributed by atoms with E-state index in [1.54, 1.807) is 0 Å². The fourth-order valence-electron chi connectivity index (χ4n) is 2.80. The average Bonchev–Trinajstić information content (AvgIpc) is 3.25. The van der Waals surface area contributed by atoms with Gasteiger partial charge in [0.15, 0.2) is 5.78 Å². The second kappa shape index (κ2) is 5.23. The van der Waals surface area contributed by atoms with E-state index in [1.807, 2.05) is 24.3 Å². The fourth-order valence-corrected chi connectivity index (χ4v) is 2.80. The molecule has 0 unspecified atom stereocenters. The molecular formula is C17H19NO2. The van der Waals surface area contributed by atoms with Gasteiger partial charge in [0.2, 0.25) is 0 Å². The first kappa shape index (κ1) is 13.1. The van der Waals surface area contributed by atoms with E-state index in [0.717, 1.165) is 36.8 Å². The van der Waals surface area contributed by atoms with E-state index in [9.17, 15) is 9.59 Å². The summed E-state index contributed by atoms with van der Waals surface area (Å²) in [6, 6.07) is 7.59. The maximum absolute atomic E-state index is 12.5. The van der Waals surface area contributed by atoms with Crippen molar-refractivity contribution in [1.29, 1.82) is 0 Å². The van der Waals surface area contributed by atoms with Gasteiger partial charge in [-0.3, -0.25) is 9.59 Å². The van der Waals surface area contributed by atoms with Gasteiger partial charge in [-0.05, 0) is 36.3 Å². The Hall–Kier alpha value is -1.90. The van der Waals surface area contributed by atoms with Gasteiger partial charge in [-0.2, -0.15) is 0 Å². The topological polar surface area (TPSA) is 46.2 Å². The van der Waals surface area contributed by atoms with Crippen LogP contribution in [0.15, 0.2) is 29.8 Å². The Kier molecular flexibility index (Phi) is 3.43. The van der Waals surface area contributed by atoms with Crippen LogP contribution in [0.2, 0.25) is 0 Å². The summed E-state index contributed by atoms with van der Waals surface area (Å²) in [6.45, 7) is 2.72. The van der Waals surface area contributed by atoms with Gasteiger partial charge in [0.05, 0.1) is 5.57 Å². The summed E-state index contributed by atoms with van der Waals surface area (Å²) >= 11 is 0. The number of nitrogens with one attached hydrogen (secondary N) is 1. The molecule has 3 rings (SSSR count). The highest BCUT2D eigenvalue weighted by molar-refractivity contribution is 6.34. The molecule has 0 atom stereocenters. The van der Waals surface area contributed by atoms with Gasteiger partial charge < -0.3 is 5.32 Å². The van der Waals surface area contributed by atoms with Crippen molar-refractivity contribution in [2.24, 2.45) is 5.92 Å². The Labute approximate surface area is 119 Å². The van der Waals surface area contributed by atoms with Crippen LogP contribution >= 0.6 is 0 Å². The number of fused-ring (bicyclic) bond motifs is 1. The molecular weight excluding hydrogens is 250 g/mol. The largest absolute Gasteiger partial charge is 0.352 e. The van der Waals surface area contributed by atoms with Crippen molar-refractivity contribution in [3.63, 3.8) is 0 Å². The zero-order valence-electron chi connectivity index (χ0n) is 11.7. The predicted molar refractivity (Wildman–Crippen MR) is 78.3 cm³/mol. The molecule has 0 heterocycles. The van der Waals surface area contributed by atoms with Crippen LogP contribution in [0, 0.1) is 5.92 Å². The monoisotopic (exact) mass is 269 g/mol. The van der Waals surface area contributed by atoms with Gasteiger partial charge in [-0.15, -0.1) is 0 Å². The number of Topliss-reactive ketones (excluding diaryl/α,β-unsaturated/α-hetero) is 1. The lowest BCUT2D eigenvalue weighted by molar-refractivity contribution is -0.117. The SMILES string of the molecule is CCCCNC(=O)C1=C(C2CC2)c2ccccc2C1=O. The third-order valence-electron chi connectivity index (χ3n) is 3.99. The second-order valence-corrected chi connectivity index (χ2v) is 5.55. The Morgan fingerprint density at radius 3 is 2.60 bits per heavy atom. The smallest absolute Gasteiger partial charge is 0.255 e. The molecule has 0 spiro atoms. The fraction of sp³-hybridized carbons (Fsp3) is 0.412. The first-order chi connectivity index (χ1) is 9.74. The van der Waals surface area contributed by atoms with Gasteiger partial charge >= 0.3 is 0 Å². The highest BCUT2D eigenvalue weighted by Crippen LogP contribution is 2.48. The molecule has 0 bridgehead atoms. The molecule has 1 aromatic rings. The molecule has 20 heavy (non-hydrogen) atoms. The number of hydrogen-bond donors (Lipinski definition) is 1. The van der Waals surface area contributed by atoms with Gasteiger partial charge in [0.1, 0.15) is 0 Å². The zero-order chi connectivity index (χ0) is 14.1. The number of unbranched alkanes of at least 4 members (excludes halogenated alkanes) is 1. The number of ketones is 1. The van der Waals surface area contributed by atoms with Gasteiger partial charge in [-0.25, -0.2) is 0 Å². The van der Waals surface area contributed by atoms with E-state index in [1.165, 1.54) is 0 Å². The molecule has 1 N–H and O–H groups in total. The normalized spacial score (nSPS) is 17.4. The molecule has 1 fully saturated rings. The van der Waals surface area contributed by atoms with Gasteiger partial charge in [0.25, 0.3) is 5.91 Å². The Bertz CT molecular complexity index is 597. The maximum atomic E-state index is 12.5. The zero-order valence-corrected chi connectivity index (χ0v) is 11.7. The van der Waals surface area contributed by atoms with Gasteiger partial charge in [0, 0.05) is 12.1 Å². The van der Waals surface area contributed by atoms with Crippen molar-refractivity contribution in [3.05, 3.63) is 41.0 Å². The highest BCUT2D eigenvalue weighted by Gasteiger charge is 2.40. The second-order valence-electron chi connectivity index (χ2n) is 5.55. The molecule has 2 aliphatic rings. The first-order valence-electron chi connectivity index (χ1n) is 7.40. The Morgan fingerprint density at radius 1 is 1.25 bits per heavy atom. The summed E-state index contributed by atoms with van der Waals surface area (Å²) in [5.74, 6) is 0.104. The van der Waals surface area contributed by atoms with Crippen molar-refractivity contribution >= 4 is 17.3 Å². The van der Waals surface area contributed by atoms with Crippen LogP contribution in [-0.2, 0) is 4.79 Å². The molecule has 1 aromatic carbocycles. The van der Waals surface area contributed by atoms with E-state index >= 15 is 0 Å². The lowest BCUT2D eigenvalue weighted by Crippen LogP contribution is -2.28. The maximum Gasteiger partial charge on any atom is 0.255 e. The van der Waals surface area contributed by atoms with Crippen LogP contribution in [0.3, 0.4) is 0 Å². The van der Waals surface area contributed by atoms with Crippen molar-refractivity contribution in [3.8, 4) is 0 Å². The molecule has 0 radical (unpaired) electrons. The van der Waals surface area contributed by atoms with Crippen molar-refractivity contribution in [2.75, 3.05) is 6.54 Å². The quantitative estimate of drug-likeness (QED) is 0.660. The summed E-state index contributed by atoms with van der Waals surface area (Å²) in [5.41, 5.74) is 3.04. The number of rotatable bonds is 5. The van der Waals surface area contributed by atoms with Crippen LogP contribution in [0.4, 0.5) is 0 Å². The number of benzene rings is 1. The molecule has 1 saturated carbocycles. The number of amides is 1. The predicted octanol–water partition coefficient (Wildman–Crippen LogP) is 2.96. The third-order valence-corrected chi connectivity index (χ3v) is 3.99. The van der Waals surface area contributed by atoms with Crippen molar-refractivity contribution in [2.45, 2.75) is 32.6 Å². The average molecular weight is 269 g/mol. The van der Waals surface area contributed by atoms with E-state index in [-0.39, 0.29) is 11.7 Å². The number of carbonyl (C=O) groups excluding carboxylic acids is 2. The first-order valence-corrected chi connectivity index (χ1v) is 7.40. The van der Waals surface area contributed by atoms with E-state index in [4.69, 9.17) is 0 Å². The Balaban J connectivity index is 1.93. The molecule has 1 amide bonds. The Morgan fingerprint density at radius 2 is 1.95 bits per heavy atom. The standard InChI is InChI=1S/C17H19NO2/c1-2-3-10-18-17(20)15-14(11-8-9-11)12-6-4-5-7-13(12)16(15)19/h4-7,11H,2-3,8-10H2,1H3,(H,18,20). The molecule has 104 valence electrons. The van der Waals surface area contributed by atoms with Crippen molar-refractivity contribution < 1.29 is 9.59 Å².